The van der Waals surface area contributed by atoms with Gasteiger partial charge in [-0.3, -0.25) is 4.79 Å². The van der Waals surface area contributed by atoms with Crippen LogP contribution in [0.2, 0.25) is 0 Å². The molecule has 2 aromatic rings. The molecule has 0 aliphatic carbocycles. The van der Waals surface area contributed by atoms with Gasteiger partial charge in [-0.25, -0.2) is 4.79 Å². The molecule has 0 unspecified atom stereocenters. The second-order valence-electron chi connectivity index (χ2n) is 7.94. The molecular formula is C25H35N3O2. The van der Waals surface area contributed by atoms with Crippen molar-refractivity contribution in [1.82, 2.24) is 15.5 Å². The number of carbonyl (C=O) groups is 2. The number of rotatable bonds is 11. The summed E-state index contributed by atoms with van der Waals surface area (Å²) in [6.07, 6.45) is 1.14. The minimum Gasteiger partial charge on any atom is -0.356 e. The van der Waals surface area contributed by atoms with Gasteiger partial charge in [0, 0.05) is 38.5 Å². The predicted octanol–water partition coefficient (Wildman–Crippen LogP) is 4.40. The fourth-order valence-corrected chi connectivity index (χ4v) is 3.56. The molecular weight excluding hydrogens is 374 g/mol. The minimum absolute atomic E-state index is 0.0204. The third-order valence-electron chi connectivity index (χ3n) is 4.97. The van der Waals surface area contributed by atoms with E-state index in [4.69, 9.17) is 0 Å². The molecule has 0 aliphatic rings. The van der Waals surface area contributed by atoms with Crippen molar-refractivity contribution in [2.24, 2.45) is 5.92 Å². The van der Waals surface area contributed by atoms with Crippen LogP contribution in [0.25, 0.3) is 0 Å². The molecule has 0 saturated heterocycles. The molecule has 0 spiro atoms. The molecule has 3 amide bonds. The molecule has 5 heteroatoms. The van der Waals surface area contributed by atoms with E-state index in [2.05, 4.69) is 73.0 Å². The first-order chi connectivity index (χ1) is 14.5. The smallest absolute Gasteiger partial charge is 0.317 e. The van der Waals surface area contributed by atoms with Crippen molar-refractivity contribution in [1.29, 1.82) is 0 Å². The average molecular weight is 410 g/mol. The van der Waals surface area contributed by atoms with Gasteiger partial charge in [0.1, 0.15) is 0 Å². The summed E-state index contributed by atoms with van der Waals surface area (Å²) >= 11 is 0. The van der Waals surface area contributed by atoms with Crippen LogP contribution >= 0.6 is 0 Å². The van der Waals surface area contributed by atoms with Crippen molar-refractivity contribution in [3.05, 3.63) is 71.8 Å². The molecule has 30 heavy (non-hydrogen) atoms. The first kappa shape index (κ1) is 23.5. The summed E-state index contributed by atoms with van der Waals surface area (Å²) in [4.78, 5) is 26.3. The quantitative estimate of drug-likeness (QED) is 0.578. The number of amides is 3. The Kier molecular flexibility index (Phi) is 9.92. The molecule has 0 aromatic heterocycles. The minimum atomic E-state index is -0.104. The predicted molar refractivity (Wildman–Crippen MR) is 122 cm³/mol. The zero-order valence-electron chi connectivity index (χ0n) is 18.4. The molecule has 0 saturated carbocycles. The van der Waals surface area contributed by atoms with Gasteiger partial charge in [0.2, 0.25) is 5.91 Å². The Morgan fingerprint density at radius 2 is 1.47 bits per heavy atom. The molecule has 2 N–H and O–H groups in total. The number of nitrogens with one attached hydrogen (secondary N) is 2. The topological polar surface area (TPSA) is 61.4 Å². The molecule has 2 rings (SSSR count). The van der Waals surface area contributed by atoms with Crippen LogP contribution in [0.3, 0.4) is 0 Å². The lowest BCUT2D eigenvalue weighted by Gasteiger charge is -2.24. The summed E-state index contributed by atoms with van der Waals surface area (Å²) in [7, 11) is 0. The number of benzene rings is 2. The highest BCUT2D eigenvalue weighted by Gasteiger charge is 2.17. The fourth-order valence-electron chi connectivity index (χ4n) is 3.56. The number of hydrogen-bond acceptors (Lipinski definition) is 2. The zero-order valence-corrected chi connectivity index (χ0v) is 18.4. The van der Waals surface area contributed by atoms with Gasteiger partial charge in [-0.15, -0.1) is 0 Å². The van der Waals surface area contributed by atoms with Crippen LogP contribution in [0, 0.1) is 5.92 Å². The van der Waals surface area contributed by atoms with Crippen LogP contribution < -0.4 is 10.6 Å². The van der Waals surface area contributed by atoms with Crippen LogP contribution in [-0.2, 0) is 4.79 Å². The number of carbonyl (C=O) groups excluding carboxylic acids is 2. The third kappa shape index (κ3) is 7.90. The van der Waals surface area contributed by atoms with E-state index in [1.54, 1.807) is 4.90 Å². The SMILES string of the molecule is CCNC(=O)N(CCC(=O)NCCC(c1ccccc1)c1ccccc1)CC(C)C. The van der Waals surface area contributed by atoms with Crippen LogP contribution in [0.1, 0.15) is 50.7 Å². The maximum Gasteiger partial charge on any atom is 0.317 e. The van der Waals surface area contributed by atoms with Gasteiger partial charge in [-0.05, 0) is 30.4 Å². The molecule has 0 bridgehead atoms. The lowest BCUT2D eigenvalue weighted by molar-refractivity contribution is -0.121. The summed E-state index contributed by atoms with van der Waals surface area (Å²) in [6.45, 7) is 8.28. The van der Waals surface area contributed by atoms with E-state index in [1.165, 1.54) is 11.1 Å². The third-order valence-corrected chi connectivity index (χ3v) is 4.97. The Labute approximate surface area is 180 Å². The summed E-state index contributed by atoms with van der Waals surface area (Å²) < 4.78 is 0. The Morgan fingerprint density at radius 1 is 0.900 bits per heavy atom. The van der Waals surface area contributed by atoms with E-state index < -0.39 is 0 Å². The van der Waals surface area contributed by atoms with Crippen molar-refractivity contribution in [2.75, 3.05) is 26.2 Å². The second kappa shape index (κ2) is 12.7. The van der Waals surface area contributed by atoms with E-state index in [0.717, 1.165) is 6.42 Å². The fraction of sp³-hybridized carbons (Fsp3) is 0.440. The Balaban J connectivity index is 1.88. The van der Waals surface area contributed by atoms with Crippen LogP contribution in [0.15, 0.2) is 60.7 Å². The Morgan fingerprint density at radius 3 is 1.97 bits per heavy atom. The summed E-state index contributed by atoms with van der Waals surface area (Å²) in [6, 6.07) is 20.7. The van der Waals surface area contributed by atoms with Gasteiger partial charge in [0.15, 0.2) is 0 Å². The largest absolute Gasteiger partial charge is 0.356 e. The van der Waals surface area contributed by atoms with Gasteiger partial charge in [0.05, 0.1) is 0 Å². The highest BCUT2D eigenvalue weighted by molar-refractivity contribution is 5.78. The molecule has 0 atom stereocenters. The summed E-state index contributed by atoms with van der Waals surface area (Å²) in [5.41, 5.74) is 2.49. The van der Waals surface area contributed by atoms with Crippen molar-refractivity contribution in [3.63, 3.8) is 0 Å². The number of urea groups is 1. The normalized spacial score (nSPS) is 10.8. The maximum atomic E-state index is 12.4. The number of nitrogens with zero attached hydrogens (tertiary/aromatic N) is 1. The van der Waals surface area contributed by atoms with E-state index >= 15 is 0 Å². The van der Waals surface area contributed by atoms with E-state index in [0.29, 0.717) is 38.5 Å². The maximum absolute atomic E-state index is 12.4. The molecule has 0 fully saturated rings. The first-order valence-electron chi connectivity index (χ1n) is 10.9. The summed E-state index contributed by atoms with van der Waals surface area (Å²) in [5, 5.41) is 5.86. The van der Waals surface area contributed by atoms with Crippen molar-refractivity contribution in [3.8, 4) is 0 Å². The molecule has 0 heterocycles. The molecule has 0 radical (unpaired) electrons. The summed E-state index contributed by atoms with van der Waals surface area (Å²) in [5.74, 6) is 0.571. The monoisotopic (exact) mass is 409 g/mol. The lowest BCUT2D eigenvalue weighted by atomic mass is 9.88. The van der Waals surface area contributed by atoms with Crippen LogP contribution in [-0.4, -0.2) is 43.0 Å². The van der Waals surface area contributed by atoms with Crippen LogP contribution in [0.4, 0.5) is 4.79 Å². The first-order valence-corrected chi connectivity index (χ1v) is 10.9. The van der Waals surface area contributed by atoms with Crippen molar-refractivity contribution in [2.45, 2.75) is 39.5 Å². The molecule has 2 aromatic carbocycles. The van der Waals surface area contributed by atoms with E-state index in [9.17, 15) is 9.59 Å². The van der Waals surface area contributed by atoms with Gasteiger partial charge in [-0.2, -0.15) is 0 Å². The van der Waals surface area contributed by atoms with E-state index in [-0.39, 0.29) is 17.9 Å². The van der Waals surface area contributed by atoms with Crippen LogP contribution in [0.5, 0.6) is 0 Å². The van der Waals surface area contributed by atoms with Gasteiger partial charge >= 0.3 is 6.03 Å². The average Bonchev–Trinajstić information content (AvgIpc) is 2.75. The van der Waals surface area contributed by atoms with Gasteiger partial charge in [0.25, 0.3) is 0 Å². The van der Waals surface area contributed by atoms with Crippen molar-refractivity contribution >= 4 is 11.9 Å². The van der Waals surface area contributed by atoms with Gasteiger partial charge < -0.3 is 15.5 Å². The molecule has 162 valence electrons. The second-order valence-corrected chi connectivity index (χ2v) is 7.94. The standard InChI is InChI=1S/C25H35N3O2/c1-4-26-25(30)28(19-20(2)3)18-16-24(29)27-17-15-23(21-11-7-5-8-12-21)22-13-9-6-10-14-22/h5-14,20,23H,4,15-19H2,1-3H3,(H,26,30)(H,27,29). The van der Waals surface area contributed by atoms with Crippen molar-refractivity contribution < 1.29 is 9.59 Å². The Hall–Kier alpha value is -2.82. The number of hydrogen-bond donors (Lipinski definition) is 2. The zero-order chi connectivity index (χ0) is 21.8. The van der Waals surface area contributed by atoms with E-state index in [1.807, 2.05) is 19.1 Å². The van der Waals surface area contributed by atoms with Gasteiger partial charge in [-0.1, -0.05) is 74.5 Å². The highest BCUT2D eigenvalue weighted by atomic mass is 16.2. The lowest BCUT2D eigenvalue weighted by Crippen LogP contribution is -2.43. The highest BCUT2D eigenvalue weighted by Crippen LogP contribution is 2.27. The molecule has 5 nitrogen and oxygen atoms in total. The Bertz CT molecular complexity index is 723. The molecule has 0 aliphatic heterocycles.